The van der Waals surface area contributed by atoms with E-state index in [0.29, 0.717) is 0 Å². The van der Waals surface area contributed by atoms with Gasteiger partial charge in [0.25, 0.3) is 0 Å². The maximum atomic E-state index is 11.4. The van der Waals surface area contributed by atoms with Gasteiger partial charge in [-0.05, 0) is 12.5 Å². The minimum absolute atomic E-state index is 0.0314. The maximum absolute atomic E-state index is 11.4. The van der Waals surface area contributed by atoms with Crippen molar-refractivity contribution in [1.82, 2.24) is 5.32 Å². The van der Waals surface area contributed by atoms with Crippen LogP contribution in [0.15, 0.2) is 24.3 Å². The number of benzene rings is 1. The van der Waals surface area contributed by atoms with Crippen molar-refractivity contribution in [2.24, 2.45) is 5.92 Å². The second-order valence-corrected chi connectivity index (χ2v) is 4.33. The average molecular weight is 203 g/mol. The number of ether oxygens (including phenoxy) is 1. The molecule has 1 N–H and O–H groups in total. The lowest BCUT2D eigenvalue weighted by molar-refractivity contribution is -0.120. The van der Waals surface area contributed by atoms with E-state index in [1.54, 1.807) is 7.11 Å². The summed E-state index contributed by atoms with van der Waals surface area (Å²) in [5, 5.41) is 2.92. The van der Waals surface area contributed by atoms with Crippen molar-refractivity contribution in [2.45, 2.75) is 11.8 Å². The molecule has 1 aromatic carbocycles. The number of methoxy groups -OCH3 is 1. The van der Waals surface area contributed by atoms with Crippen LogP contribution in [-0.4, -0.2) is 19.6 Å². The van der Waals surface area contributed by atoms with Crippen molar-refractivity contribution in [3.8, 4) is 5.75 Å². The lowest BCUT2D eigenvalue weighted by atomic mass is 9.94. The SMILES string of the molecule is COc1ccccc1C12CNC(=O)C1C2. The van der Waals surface area contributed by atoms with Gasteiger partial charge in [0.1, 0.15) is 5.75 Å². The molecule has 78 valence electrons. The molecule has 2 atom stereocenters. The van der Waals surface area contributed by atoms with Crippen molar-refractivity contribution >= 4 is 5.91 Å². The standard InChI is InChI=1S/C12H13NO2/c1-15-10-5-3-2-4-8(10)12-6-9(12)11(14)13-7-12/h2-5,9H,6-7H2,1H3,(H,13,14). The van der Waals surface area contributed by atoms with Crippen LogP contribution >= 0.6 is 0 Å². The number of carbonyl (C=O) groups is 1. The average Bonchev–Trinajstić information content (AvgIpc) is 2.95. The van der Waals surface area contributed by atoms with Crippen LogP contribution in [0.1, 0.15) is 12.0 Å². The molecule has 1 aliphatic carbocycles. The fourth-order valence-corrected chi connectivity index (χ4v) is 2.66. The minimum Gasteiger partial charge on any atom is -0.496 e. The molecule has 1 saturated carbocycles. The number of hydrogen-bond acceptors (Lipinski definition) is 2. The van der Waals surface area contributed by atoms with Gasteiger partial charge in [0.2, 0.25) is 5.91 Å². The number of hydrogen-bond donors (Lipinski definition) is 1. The second kappa shape index (κ2) is 2.75. The first-order chi connectivity index (χ1) is 7.28. The highest BCUT2D eigenvalue weighted by Gasteiger charge is 2.64. The van der Waals surface area contributed by atoms with E-state index in [9.17, 15) is 4.79 Å². The van der Waals surface area contributed by atoms with Crippen LogP contribution in [-0.2, 0) is 10.2 Å². The number of nitrogens with one attached hydrogen (secondary N) is 1. The van der Waals surface area contributed by atoms with Gasteiger partial charge in [0.05, 0.1) is 13.0 Å². The summed E-state index contributed by atoms with van der Waals surface area (Å²) in [6.07, 6.45) is 0.971. The number of para-hydroxylation sites is 1. The Morgan fingerprint density at radius 3 is 2.87 bits per heavy atom. The molecule has 2 fully saturated rings. The zero-order valence-electron chi connectivity index (χ0n) is 8.62. The summed E-state index contributed by atoms with van der Waals surface area (Å²) in [7, 11) is 1.68. The number of fused-ring (bicyclic) bond motifs is 1. The molecule has 0 aromatic heterocycles. The first kappa shape index (κ1) is 8.77. The van der Waals surface area contributed by atoms with Crippen molar-refractivity contribution in [2.75, 3.05) is 13.7 Å². The maximum Gasteiger partial charge on any atom is 0.224 e. The van der Waals surface area contributed by atoms with E-state index < -0.39 is 0 Å². The molecule has 1 aliphatic heterocycles. The molecule has 3 rings (SSSR count). The third-order valence-corrected chi connectivity index (χ3v) is 3.61. The van der Waals surface area contributed by atoms with Crippen molar-refractivity contribution in [1.29, 1.82) is 0 Å². The summed E-state index contributed by atoms with van der Waals surface area (Å²) in [5.74, 6) is 1.27. The molecule has 0 radical (unpaired) electrons. The monoisotopic (exact) mass is 203 g/mol. The van der Waals surface area contributed by atoms with E-state index in [4.69, 9.17) is 4.74 Å². The van der Waals surface area contributed by atoms with Crippen LogP contribution < -0.4 is 10.1 Å². The van der Waals surface area contributed by atoms with E-state index in [1.165, 1.54) is 5.56 Å². The molecule has 1 amide bonds. The summed E-state index contributed by atoms with van der Waals surface area (Å²) in [6.45, 7) is 0.761. The Hall–Kier alpha value is -1.51. The molecular formula is C12H13NO2. The van der Waals surface area contributed by atoms with E-state index in [1.807, 2.05) is 18.2 Å². The zero-order chi connectivity index (χ0) is 10.5. The van der Waals surface area contributed by atoms with Crippen LogP contribution in [0.25, 0.3) is 0 Å². The van der Waals surface area contributed by atoms with E-state index in [-0.39, 0.29) is 17.2 Å². The molecule has 2 aliphatic rings. The Labute approximate surface area is 88.4 Å². The molecule has 3 heteroatoms. The van der Waals surface area contributed by atoms with Crippen molar-refractivity contribution in [3.63, 3.8) is 0 Å². The number of piperidine rings is 1. The Balaban J connectivity index is 2.04. The van der Waals surface area contributed by atoms with E-state index in [2.05, 4.69) is 11.4 Å². The quantitative estimate of drug-likeness (QED) is 0.781. The van der Waals surface area contributed by atoms with E-state index in [0.717, 1.165) is 18.7 Å². The molecule has 15 heavy (non-hydrogen) atoms. The first-order valence-electron chi connectivity index (χ1n) is 5.19. The fourth-order valence-electron chi connectivity index (χ4n) is 2.66. The lowest BCUT2D eigenvalue weighted by Gasteiger charge is -2.15. The molecule has 1 heterocycles. The zero-order valence-corrected chi connectivity index (χ0v) is 8.62. The van der Waals surface area contributed by atoms with Crippen LogP contribution in [0.3, 0.4) is 0 Å². The van der Waals surface area contributed by atoms with Crippen LogP contribution in [0.2, 0.25) is 0 Å². The Bertz CT molecular complexity index is 429. The summed E-state index contributed by atoms with van der Waals surface area (Å²) in [5.41, 5.74) is 1.21. The summed E-state index contributed by atoms with van der Waals surface area (Å²) in [6, 6.07) is 7.99. The van der Waals surface area contributed by atoms with E-state index >= 15 is 0 Å². The van der Waals surface area contributed by atoms with Crippen LogP contribution in [0.4, 0.5) is 0 Å². The Morgan fingerprint density at radius 2 is 2.27 bits per heavy atom. The smallest absolute Gasteiger partial charge is 0.224 e. The van der Waals surface area contributed by atoms with Crippen molar-refractivity contribution in [3.05, 3.63) is 29.8 Å². The van der Waals surface area contributed by atoms with Gasteiger partial charge in [-0.15, -0.1) is 0 Å². The number of carbonyl (C=O) groups excluding carboxylic acids is 1. The van der Waals surface area contributed by atoms with Gasteiger partial charge >= 0.3 is 0 Å². The van der Waals surface area contributed by atoms with Gasteiger partial charge in [0, 0.05) is 17.5 Å². The summed E-state index contributed by atoms with van der Waals surface area (Å²) < 4.78 is 5.35. The summed E-state index contributed by atoms with van der Waals surface area (Å²) >= 11 is 0. The predicted molar refractivity (Wildman–Crippen MR) is 55.8 cm³/mol. The topological polar surface area (TPSA) is 38.3 Å². The Kier molecular flexibility index (Phi) is 1.61. The highest BCUT2D eigenvalue weighted by Crippen LogP contribution is 2.58. The fraction of sp³-hybridized carbons (Fsp3) is 0.417. The molecule has 1 aromatic rings. The minimum atomic E-state index is 0.0314. The number of rotatable bonds is 2. The van der Waals surface area contributed by atoms with Crippen LogP contribution in [0, 0.1) is 5.92 Å². The second-order valence-electron chi connectivity index (χ2n) is 4.33. The normalized spacial score (nSPS) is 32.1. The lowest BCUT2D eigenvalue weighted by Crippen LogP contribution is -2.22. The highest BCUT2D eigenvalue weighted by atomic mass is 16.5. The molecule has 3 nitrogen and oxygen atoms in total. The van der Waals surface area contributed by atoms with Gasteiger partial charge in [-0.25, -0.2) is 0 Å². The molecule has 2 unspecified atom stereocenters. The van der Waals surface area contributed by atoms with Crippen LogP contribution in [0.5, 0.6) is 5.75 Å². The Morgan fingerprint density at radius 1 is 1.47 bits per heavy atom. The van der Waals surface area contributed by atoms with Gasteiger partial charge in [-0.1, -0.05) is 18.2 Å². The first-order valence-corrected chi connectivity index (χ1v) is 5.19. The highest BCUT2D eigenvalue weighted by molar-refractivity contribution is 5.88. The van der Waals surface area contributed by atoms with Gasteiger partial charge in [-0.3, -0.25) is 4.79 Å². The predicted octanol–water partition coefficient (Wildman–Crippen LogP) is 1.08. The molecule has 0 bridgehead atoms. The van der Waals surface area contributed by atoms with Crippen molar-refractivity contribution < 1.29 is 9.53 Å². The molecular weight excluding hydrogens is 190 g/mol. The number of amides is 1. The van der Waals surface area contributed by atoms with Gasteiger partial charge < -0.3 is 10.1 Å². The van der Waals surface area contributed by atoms with Gasteiger partial charge in [0.15, 0.2) is 0 Å². The third-order valence-electron chi connectivity index (χ3n) is 3.61. The molecule has 1 saturated heterocycles. The molecule has 0 spiro atoms. The van der Waals surface area contributed by atoms with Gasteiger partial charge in [-0.2, -0.15) is 0 Å². The largest absolute Gasteiger partial charge is 0.496 e. The summed E-state index contributed by atoms with van der Waals surface area (Å²) in [4.78, 5) is 11.4. The third kappa shape index (κ3) is 1.03.